The van der Waals surface area contributed by atoms with Gasteiger partial charge in [0.05, 0.1) is 29.6 Å². The van der Waals surface area contributed by atoms with Crippen molar-refractivity contribution in [2.75, 3.05) is 11.9 Å². The number of halogens is 1. The van der Waals surface area contributed by atoms with Crippen LogP contribution in [0, 0.1) is 10.1 Å². The highest BCUT2D eigenvalue weighted by Crippen LogP contribution is 2.39. The number of nitro groups is 1. The normalized spacial score (nSPS) is 10.5. The second-order valence-electron chi connectivity index (χ2n) is 7.66. The van der Waals surface area contributed by atoms with Crippen molar-refractivity contribution >= 4 is 29.9 Å². The number of rotatable bonds is 9. The molecule has 0 fully saturated rings. The Kier molecular flexibility index (Phi) is 9.40. The van der Waals surface area contributed by atoms with Crippen molar-refractivity contribution < 1.29 is 28.9 Å². The van der Waals surface area contributed by atoms with Crippen LogP contribution in [-0.2, 0) is 12.6 Å². The van der Waals surface area contributed by atoms with Crippen molar-refractivity contribution in [3.63, 3.8) is 0 Å². The van der Waals surface area contributed by atoms with Crippen molar-refractivity contribution in [3.05, 3.63) is 130 Å². The van der Waals surface area contributed by atoms with Gasteiger partial charge in [0.1, 0.15) is 5.69 Å². The average Bonchev–Trinajstić information content (AvgIpc) is 2.85. The van der Waals surface area contributed by atoms with E-state index in [4.69, 9.17) is 0 Å². The molecule has 0 aliphatic heterocycles. The van der Waals surface area contributed by atoms with E-state index in [9.17, 15) is 10.1 Å². The molecule has 6 heteroatoms. The van der Waals surface area contributed by atoms with Crippen LogP contribution in [0.15, 0.2) is 109 Å². The largest absolute Gasteiger partial charge is 1.00 e. The van der Waals surface area contributed by atoms with E-state index >= 15 is 0 Å². The van der Waals surface area contributed by atoms with E-state index in [-0.39, 0.29) is 34.6 Å². The molecule has 0 radical (unpaired) electrons. The summed E-state index contributed by atoms with van der Waals surface area (Å²) < 4.78 is 0. The fraction of sp³-hybridized carbons (Fsp3) is 0.111. The molecule has 0 amide bonds. The molecule has 0 bridgehead atoms. The first-order chi connectivity index (χ1) is 15.7. The van der Waals surface area contributed by atoms with Crippen molar-refractivity contribution in [1.29, 1.82) is 0 Å². The number of benzene rings is 4. The van der Waals surface area contributed by atoms with Gasteiger partial charge in [-0.2, -0.15) is 0 Å². The minimum Gasteiger partial charge on any atom is -1.00 e. The van der Waals surface area contributed by atoms with Gasteiger partial charge in [0.2, 0.25) is 0 Å². The Morgan fingerprint density at radius 2 is 1.27 bits per heavy atom. The average molecular weight is 568 g/mol. The van der Waals surface area contributed by atoms with Crippen LogP contribution in [0.2, 0.25) is 0 Å². The summed E-state index contributed by atoms with van der Waals surface area (Å²) in [7, 11) is -1.10. The summed E-state index contributed by atoms with van der Waals surface area (Å²) in [5.74, 6) is 0. The van der Waals surface area contributed by atoms with Gasteiger partial charge in [0, 0.05) is 12.6 Å². The third-order valence-electron chi connectivity index (χ3n) is 5.46. The topological polar surface area (TPSA) is 55.2 Å². The number of hydrogen-bond donors (Lipinski definition) is 1. The Morgan fingerprint density at radius 3 is 1.82 bits per heavy atom. The molecule has 4 aromatic rings. The second kappa shape index (κ2) is 12.5. The van der Waals surface area contributed by atoms with Gasteiger partial charge in [-0.1, -0.05) is 72.8 Å². The van der Waals surface area contributed by atoms with E-state index in [0.717, 1.165) is 18.1 Å². The first-order valence-corrected chi connectivity index (χ1v) is 12.4. The zero-order valence-corrected chi connectivity index (χ0v) is 21.3. The van der Waals surface area contributed by atoms with Crippen LogP contribution >= 0.6 is 7.92 Å². The van der Waals surface area contributed by atoms with Gasteiger partial charge in [-0.05, 0) is 47.9 Å². The Bertz CT molecular complexity index is 1120. The Labute approximate surface area is 213 Å². The maximum absolute atomic E-state index is 11.8. The van der Waals surface area contributed by atoms with Crippen LogP contribution in [-0.4, -0.2) is 11.5 Å². The lowest BCUT2D eigenvalue weighted by Gasteiger charge is -2.12. The van der Waals surface area contributed by atoms with Gasteiger partial charge in [0.25, 0.3) is 5.69 Å². The first kappa shape index (κ1) is 24.9. The summed E-state index contributed by atoms with van der Waals surface area (Å²) in [4.78, 5) is 11.5. The zero-order valence-electron chi connectivity index (χ0n) is 18.2. The first-order valence-electron chi connectivity index (χ1n) is 10.7. The minimum absolute atomic E-state index is 0. The fourth-order valence-corrected chi connectivity index (χ4v) is 6.39. The standard InChI is InChI=1S/C27H25N2O2P.HI/c30-29(31)27-20-23(16-17-26(27)28-19-18-22-10-4-1-5-11-22)21-32(24-12-6-2-7-13-24)25-14-8-3-9-15-25;/h1-17,20,28H,18-19,21H2;1H. The summed E-state index contributed by atoms with van der Waals surface area (Å²) in [6.45, 7) is 0.646. The predicted octanol–water partition coefficient (Wildman–Crippen LogP) is 2.62. The van der Waals surface area contributed by atoms with E-state index in [1.165, 1.54) is 16.2 Å². The fourth-order valence-electron chi connectivity index (χ4n) is 3.83. The number of nitrogens with zero attached hydrogens (tertiary/aromatic N) is 1. The van der Waals surface area contributed by atoms with Gasteiger partial charge >= 0.3 is 0 Å². The molecule has 4 rings (SSSR count). The predicted molar refractivity (Wildman–Crippen MR) is 136 cm³/mol. The highest BCUT2D eigenvalue weighted by atomic mass is 127. The minimum atomic E-state index is -1.10. The molecule has 0 saturated heterocycles. The maximum atomic E-state index is 11.8. The van der Waals surface area contributed by atoms with E-state index in [0.29, 0.717) is 12.2 Å². The molecule has 0 aromatic heterocycles. The number of hydrogen-bond acceptors (Lipinski definition) is 3. The highest BCUT2D eigenvalue weighted by Gasteiger charge is 2.24. The summed E-state index contributed by atoms with van der Waals surface area (Å²) in [5, 5.41) is 17.7. The molecule has 33 heavy (non-hydrogen) atoms. The molecule has 0 aliphatic rings. The number of nitrogens with one attached hydrogen (secondary N) is 1. The van der Waals surface area contributed by atoms with Crippen molar-refractivity contribution in [3.8, 4) is 0 Å². The second-order valence-corrected chi connectivity index (χ2v) is 10.1. The lowest BCUT2D eigenvalue weighted by Crippen LogP contribution is -3.00. The molecule has 168 valence electrons. The van der Waals surface area contributed by atoms with Crippen molar-refractivity contribution in [2.24, 2.45) is 0 Å². The molecule has 0 aliphatic carbocycles. The van der Waals surface area contributed by atoms with Crippen LogP contribution in [0.3, 0.4) is 0 Å². The summed E-state index contributed by atoms with van der Waals surface area (Å²) in [5.41, 5.74) is 2.91. The van der Waals surface area contributed by atoms with Crippen LogP contribution in [0.5, 0.6) is 0 Å². The molecular formula is C27H26IN2O2P. The van der Waals surface area contributed by atoms with Crippen molar-refractivity contribution in [2.45, 2.75) is 12.6 Å². The molecule has 1 N–H and O–H groups in total. The Hall–Kier alpha value is -2.76. The summed E-state index contributed by atoms with van der Waals surface area (Å²) in [6, 6.07) is 36.7. The van der Waals surface area contributed by atoms with Gasteiger partial charge in [-0.3, -0.25) is 10.1 Å². The third kappa shape index (κ3) is 6.86. The highest BCUT2D eigenvalue weighted by molar-refractivity contribution is 7.72. The van der Waals surface area contributed by atoms with E-state index < -0.39 is 7.92 Å². The molecule has 0 heterocycles. The monoisotopic (exact) mass is 568 g/mol. The lowest BCUT2D eigenvalue weighted by molar-refractivity contribution is -0.384. The molecular weight excluding hydrogens is 542 g/mol. The van der Waals surface area contributed by atoms with E-state index in [1.54, 1.807) is 6.07 Å². The smallest absolute Gasteiger partial charge is 0.292 e. The third-order valence-corrected chi connectivity index (χ3v) is 8.28. The summed E-state index contributed by atoms with van der Waals surface area (Å²) >= 11 is 0. The lowest BCUT2D eigenvalue weighted by atomic mass is 10.1. The van der Waals surface area contributed by atoms with Crippen molar-refractivity contribution in [1.82, 2.24) is 0 Å². The van der Waals surface area contributed by atoms with E-state index in [2.05, 4.69) is 66.0 Å². The Morgan fingerprint density at radius 1 is 0.727 bits per heavy atom. The molecule has 0 spiro atoms. The molecule has 0 atom stereocenters. The van der Waals surface area contributed by atoms with Crippen LogP contribution in [0.1, 0.15) is 11.1 Å². The molecule has 0 saturated carbocycles. The molecule has 4 nitrogen and oxygen atoms in total. The molecule has 4 aromatic carbocycles. The van der Waals surface area contributed by atoms with Gasteiger partial charge < -0.3 is 29.3 Å². The molecule has 0 unspecified atom stereocenters. The SMILES string of the molecule is O=[N+]([O-])c1cc(C[PH+](c2ccccc2)c2ccccc2)ccc1NCCc1ccccc1.[I-]. The number of nitro benzene ring substituents is 1. The van der Waals surface area contributed by atoms with E-state index in [1.807, 2.05) is 42.5 Å². The van der Waals surface area contributed by atoms with Gasteiger partial charge in [-0.15, -0.1) is 0 Å². The van der Waals surface area contributed by atoms with Crippen LogP contribution in [0.25, 0.3) is 0 Å². The Balaban J connectivity index is 0.00000306. The zero-order chi connectivity index (χ0) is 22.2. The quantitative estimate of drug-likeness (QED) is 0.146. The summed E-state index contributed by atoms with van der Waals surface area (Å²) in [6.07, 6.45) is 1.61. The number of anilines is 1. The van der Waals surface area contributed by atoms with Gasteiger partial charge in [0.15, 0.2) is 0 Å². The maximum Gasteiger partial charge on any atom is 0.292 e. The van der Waals surface area contributed by atoms with Crippen LogP contribution < -0.4 is 39.9 Å². The van der Waals surface area contributed by atoms with Gasteiger partial charge in [-0.25, -0.2) is 0 Å². The van der Waals surface area contributed by atoms with Crippen LogP contribution in [0.4, 0.5) is 11.4 Å².